The zero-order chi connectivity index (χ0) is 23.1. The van der Waals surface area contributed by atoms with Gasteiger partial charge in [0, 0.05) is 11.1 Å². The quantitative estimate of drug-likeness (QED) is 0.301. The molecule has 4 N–H and O–H groups in total. The first-order chi connectivity index (χ1) is 15.4. The monoisotopic (exact) mass is 493 g/mol. The number of aromatic nitrogens is 2. The summed E-state index contributed by atoms with van der Waals surface area (Å²) in [6.45, 7) is 3.40. The van der Waals surface area contributed by atoms with Crippen LogP contribution in [-0.2, 0) is 28.9 Å². The van der Waals surface area contributed by atoms with E-state index in [4.69, 9.17) is 9.54 Å². The molecule has 0 saturated carbocycles. The minimum atomic E-state index is -2.13. The van der Waals surface area contributed by atoms with Crippen LogP contribution in [-0.4, -0.2) is 37.0 Å². The highest BCUT2D eigenvalue weighted by atomic mass is 32.2. The summed E-state index contributed by atoms with van der Waals surface area (Å²) < 4.78 is 22.3. The summed E-state index contributed by atoms with van der Waals surface area (Å²) >= 11 is 0.753. The number of amides is 1. The van der Waals surface area contributed by atoms with Crippen molar-refractivity contribution >= 4 is 56.3 Å². The largest absolute Gasteiger partial charge is 0.366 e. The zero-order valence-electron chi connectivity index (χ0n) is 17.5. The smallest absolute Gasteiger partial charge is 0.273 e. The molecule has 0 saturated heterocycles. The van der Waals surface area contributed by atoms with Crippen LogP contribution in [0, 0.1) is 0 Å². The number of Topliss-reactive ketones (excluding diaryl/α,β-unsaturated/α-hetero) is 1. The lowest BCUT2D eigenvalue weighted by atomic mass is 10.0. The molecule has 12 heteroatoms. The molecule has 0 aliphatic carbocycles. The van der Waals surface area contributed by atoms with Crippen LogP contribution in [0.4, 0.5) is 10.7 Å². The fraction of sp³-hybridized carbons (Fsp3) is 0.300. The second-order valence-corrected chi connectivity index (χ2v) is 9.38. The van der Waals surface area contributed by atoms with Crippen LogP contribution < -0.4 is 15.4 Å². The fourth-order valence-corrected chi connectivity index (χ4v) is 4.75. The minimum Gasteiger partial charge on any atom is -0.366 e. The Morgan fingerprint density at radius 3 is 2.59 bits per heavy atom. The number of benzene rings is 1. The molecule has 0 fully saturated rings. The maximum atomic E-state index is 12.5. The Hall–Kier alpha value is -2.67. The first kappa shape index (κ1) is 24.0. The van der Waals surface area contributed by atoms with Crippen LogP contribution in [0.5, 0.6) is 0 Å². The molecule has 2 atom stereocenters. The average Bonchev–Trinajstić information content (AvgIpc) is 3.42. The molecular formula is C20H23N5O4S3. The van der Waals surface area contributed by atoms with Crippen molar-refractivity contribution in [2.45, 2.75) is 32.7 Å². The van der Waals surface area contributed by atoms with Gasteiger partial charge in [-0.15, -0.1) is 22.7 Å². The Balaban J connectivity index is 1.82. The number of rotatable bonds is 11. The van der Waals surface area contributed by atoms with Gasteiger partial charge in [0.25, 0.3) is 17.2 Å². The van der Waals surface area contributed by atoms with Crippen LogP contribution in [0.15, 0.2) is 35.2 Å². The Labute approximate surface area is 196 Å². The number of hydrogen-bond donors (Lipinski definition) is 4. The number of anilines is 2. The summed E-state index contributed by atoms with van der Waals surface area (Å²) in [4.78, 5) is 32.5. The molecule has 32 heavy (non-hydrogen) atoms. The highest BCUT2D eigenvalue weighted by Gasteiger charge is 2.21. The normalized spacial score (nSPS) is 12.7. The van der Waals surface area contributed by atoms with Gasteiger partial charge in [-0.3, -0.25) is 18.9 Å². The van der Waals surface area contributed by atoms with E-state index in [2.05, 4.69) is 20.3 Å². The van der Waals surface area contributed by atoms with Crippen molar-refractivity contribution in [2.24, 2.45) is 0 Å². The summed E-state index contributed by atoms with van der Waals surface area (Å²) in [7, 11) is 0. The van der Waals surface area contributed by atoms with Crippen molar-refractivity contribution < 1.29 is 18.4 Å². The maximum absolute atomic E-state index is 12.5. The second kappa shape index (κ2) is 11.3. The lowest BCUT2D eigenvalue weighted by Gasteiger charge is -2.18. The van der Waals surface area contributed by atoms with E-state index in [1.165, 1.54) is 18.3 Å². The van der Waals surface area contributed by atoms with E-state index in [9.17, 15) is 13.8 Å². The number of thiazole rings is 2. The topological polar surface area (TPSA) is 133 Å². The third-order valence-corrected chi connectivity index (χ3v) is 6.59. The molecule has 0 spiro atoms. The van der Waals surface area contributed by atoms with Gasteiger partial charge in [0.2, 0.25) is 0 Å². The minimum absolute atomic E-state index is 0.0514. The Kier molecular flexibility index (Phi) is 8.45. The summed E-state index contributed by atoms with van der Waals surface area (Å²) in [5, 5.41) is 9.57. The van der Waals surface area contributed by atoms with Crippen molar-refractivity contribution in [1.29, 1.82) is 0 Å². The molecule has 0 aliphatic rings. The molecule has 9 nitrogen and oxygen atoms in total. The molecular weight excluding hydrogens is 470 g/mol. The number of carbonyl (C=O) groups excluding carboxylic acids is 2. The molecule has 3 rings (SSSR count). The SMILES string of the molecule is CCc1nc([C@H](Cc2ccc(NS(=O)O)cc2)Nc2scnc2C(=O)NCC(C)=O)cs1. The third-order valence-electron chi connectivity index (χ3n) is 4.41. The third kappa shape index (κ3) is 6.66. The van der Waals surface area contributed by atoms with Crippen LogP contribution in [0.2, 0.25) is 0 Å². The zero-order valence-corrected chi connectivity index (χ0v) is 19.9. The van der Waals surface area contributed by atoms with Gasteiger partial charge in [0.15, 0.2) is 5.69 Å². The molecule has 0 bridgehead atoms. The molecule has 0 aliphatic heterocycles. The molecule has 2 aromatic heterocycles. The summed E-state index contributed by atoms with van der Waals surface area (Å²) in [5.41, 5.74) is 4.18. The van der Waals surface area contributed by atoms with Crippen molar-refractivity contribution in [3.8, 4) is 0 Å². The van der Waals surface area contributed by atoms with Crippen molar-refractivity contribution in [2.75, 3.05) is 16.6 Å². The van der Waals surface area contributed by atoms with E-state index >= 15 is 0 Å². The van der Waals surface area contributed by atoms with Gasteiger partial charge < -0.3 is 10.6 Å². The van der Waals surface area contributed by atoms with E-state index in [1.54, 1.807) is 29.0 Å². The van der Waals surface area contributed by atoms with Gasteiger partial charge in [0.05, 0.1) is 28.8 Å². The standard InChI is InChI=1S/C20H23N5O4S3/c1-3-17-23-16(10-30-17)15(8-13-4-6-14(7-5-13)25-32(28)29)24-20-18(22-11-31-20)19(27)21-9-12(2)26/h4-7,10-11,15,24-25H,3,8-9H2,1-2H3,(H,21,27)(H,28,29)/t15-/m0/s1. The number of carbonyl (C=O) groups is 2. The summed E-state index contributed by atoms with van der Waals surface area (Å²) in [6, 6.07) is 6.96. The van der Waals surface area contributed by atoms with Gasteiger partial charge in [-0.25, -0.2) is 14.2 Å². The van der Waals surface area contributed by atoms with Gasteiger partial charge in [-0.1, -0.05) is 19.1 Å². The van der Waals surface area contributed by atoms with E-state index in [0.29, 0.717) is 17.1 Å². The number of ketones is 1. The van der Waals surface area contributed by atoms with Crippen molar-refractivity contribution in [3.05, 3.63) is 57.1 Å². The van der Waals surface area contributed by atoms with E-state index in [1.807, 2.05) is 24.4 Å². The van der Waals surface area contributed by atoms with Crippen molar-refractivity contribution in [3.63, 3.8) is 0 Å². The Morgan fingerprint density at radius 2 is 1.97 bits per heavy atom. The van der Waals surface area contributed by atoms with Crippen LogP contribution in [0.1, 0.15) is 46.6 Å². The molecule has 3 aromatic rings. The number of aryl methyl sites for hydroxylation is 1. The van der Waals surface area contributed by atoms with Gasteiger partial charge in [0.1, 0.15) is 10.8 Å². The van der Waals surface area contributed by atoms with Crippen LogP contribution in [0.25, 0.3) is 0 Å². The van der Waals surface area contributed by atoms with Gasteiger partial charge in [-0.2, -0.15) is 0 Å². The lowest BCUT2D eigenvalue weighted by molar-refractivity contribution is -0.116. The average molecular weight is 494 g/mol. The van der Waals surface area contributed by atoms with Crippen molar-refractivity contribution in [1.82, 2.24) is 15.3 Å². The Morgan fingerprint density at radius 1 is 1.22 bits per heavy atom. The van der Waals surface area contributed by atoms with Gasteiger partial charge >= 0.3 is 0 Å². The first-order valence-corrected chi connectivity index (χ1v) is 12.6. The molecule has 2 heterocycles. The van der Waals surface area contributed by atoms with Crippen LogP contribution in [0.3, 0.4) is 0 Å². The molecule has 1 amide bonds. The number of nitrogens with zero attached hydrogens (tertiary/aromatic N) is 2. The highest BCUT2D eigenvalue weighted by Crippen LogP contribution is 2.29. The Bertz CT molecular complexity index is 1100. The van der Waals surface area contributed by atoms with E-state index in [0.717, 1.165) is 22.7 Å². The first-order valence-electron chi connectivity index (χ1n) is 9.74. The van der Waals surface area contributed by atoms with Crippen LogP contribution >= 0.6 is 22.7 Å². The maximum Gasteiger partial charge on any atom is 0.273 e. The lowest BCUT2D eigenvalue weighted by Crippen LogP contribution is -2.29. The van der Waals surface area contributed by atoms with E-state index in [-0.39, 0.29) is 24.1 Å². The van der Waals surface area contributed by atoms with Gasteiger partial charge in [-0.05, 0) is 37.5 Å². The molecule has 0 radical (unpaired) electrons. The predicted molar refractivity (Wildman–Crippen MR) is 128 cm³/mol. The second-order valence-electron chi connectivity index (χ2n) is 6.88. The van der Waals surface area contributed by atoms with E-state index < -0.39 is 17.2 Å². The predicted octanol–water partition coefficient (Wildman–Crippen LogP) is 3.43. The summed E-state index contributed by atoms with van der Waals surface area (Å²) in [5.74, 6) is -0.554. The molecule has 170 valence electrons. The molecule has 1 unspecified atom stereocenters. The summed E-state index contributed by atoms with van der Waals surface area (Å²) in [6.07, 6.45) is 1.40. The number of nitrogens with one attached hydrogen (secondary N) is 3. The number of hydrogen-bond acceptors (Lipinski definition) is 8. The molecule has 1 aromatic carbocycles. The fourth-order valence-electron chi connectivity index (χ4n) is 2.88. The highest BCUT2D eigenvalue weighted by molar-refractivity contribution is 7.80.